The zero-order valence-corrected chi connectivity index (χ0v) is 13.1. The molecule has 0 bridgehead atoms. The Hall–Kier alpha value is -2.88. The Morgan fingerprint density at radius 2 is 1.92 bits per heavy atom. The Morgan fingerprint density at radius 3 is 2.48 bits per heavy atom. The summed E-state index contributed by atoms with van der Waals surface area (Å²) < 4.78 is 41.9. The minimum atomic E-state index is -4.39. The molecule has 2 amide bonds. The monoisotopic (exact) mass is 356 g/mol. The third-order valence-corrected chi connectivity index (χ3v) is 3.06. The number of carbonyl (C=O) groups excluding carboxylic acids is 2. The molecule has 0 radical (unpaired) electrons. The number of anilines is 1. The fraction of sp³-hybridized carbons (Fsp3) is 0.267. The molecule has 0 spiro atoms. The predicted octanol–water partition coefficient (Wildman–Crippen LogP) is 1.85. The van der Waals surface area contributed by atoms with E-state index >= 15 is 0 Å². The molecular weight excluding hydrogens is 341 g/mol. The molecule has 3 N–H and O–H groups in total. The lowest BCUT2D eigenvalue weighted by Gasteiger charge is -2.08. The van der Waals surface area contributed by atoms with Crippen molar-refractivity contribution in [2.45, 2.75) is 12.8 Å². The Morgan fingerprint density at radius 1 is 1.28 bits per heavy atom. The van der Waals surface area contributed by atoms with Crippen LogP contribution in [0.2, 0.25) is 0 Å². The van der Waals surface area contributed by atoms with Crippen LogP contribution in [-0.4, -0.2) is 34.4 Å². The maximum Gasteiger partial charge on any atom is 0.411 e. The second kappa shape index (κ2) is 7.34. The average Bonchev–Trinajstić information content (AvgIpc) is 2.87. The minimum Gasteiger partial charge on any atom is -0.367 e. The van der Waals surface area contributed by atoms with Crippen LogP contribution in [0.25, 0.3) is 0 Å². The summed E-state index contributed by atoms with van der Waals surface area (Å²) in [6.07, 6.45) is -2.96. The van der Waals surface area contributed by atoms with Gasteiger partial charge in [0.1, 0.15) is 6.61 Å². The van der Waals surface area contributed by atoms with Crippen LogP contribution in [0.15, 0.2) is 30.5 Å². The maximum atomic E-state index is 12.2. The second-order valence-electron chi connectivity index (χ2n) is 5.19. The number of hydrogen-bond acceptors (Lipinski definition) is 4. The van der Waals surface area contributed by atoms with E-state index < -0.39 is 24.6 Å². The number of amides is 2. The Kier molecular flexibility index (Phi) is 5.42. The molecule has 1 aromatic carbocycles. The van der Waals surface area contributed by atoms with Gasteiger partial charge in [0.15, 0.2) is 5.69 Å². The molecule has 134 valence electrons. The van der Waals surface area contributed by atoms with E-state index in [-0.39, 0.29) is 23.6 Å². The molecule has 7 nitrogen and oxygen atoms in total. The van der Waals surface area contributed by atoms with Crippen molar-refractivity contribution in [3.05, 3.63) is 47.3 Å². The standard InChI is InChI=1S/C15H15F3N4O3/c1-22-6-11(12(21-22)13(19)23)20-14(24)10-4-2-9(3-5-10)7-25-8-15(16,17)18/h2-6H,7-8H2,1H3,(H2,19,23)(H,20,24). The fourth-order valence-corrected chi connectivity index (χ4v) is 1.99. The highest BCUT2D eigenvalue weighted by Crippen LogP contribution is 2.17. The van der Waals surface area contributed by atoms with Gasteiger partial charge in [-0.2, -0.15) is 18.3 Å². The number of ether oxygens (including phenoxy) is 1. The Labute approximate surface area is 140 Å². The summed E-state index contributed by atoms with van der Waals surface area (Å²) in [5.41, 5.74) is 6.00. The van der Waals surface area contributed by atoms with Gasteiger partial charge in [0.2, 0.25) is 0 Å². The topological polar surface area (TPSA) is 99.2 Å². The largest absolute Gasteiger partial charge is 0.411 e. The van der Waals surface area contributed by atoms with E-state index in [4.69, 9.17) is 5.73 Å². The van der Waals surface area contributed by atoms with Crippen molar-refractivity contribution in [3.8, 4) is 0 Å². The predicted molar refractivity (Wildman–Crippen MR) is 81.8 cm³/mol. The summed E-state index contributed by atoms with van der Waals surface area (Å²) in [6.45, 7) is -1.57. The molecule has 0 aliphatic heterocycles. The van der Waals surface area contributed by atoms with Crippen LogP contribution >= 0.6 is 0 Å². The SMILES string of the molecule is Cn1cc(NC(=O)c2ccc(COCC(F)(F)F)cc2)c(C(N)=O)n1. The van der Waals surface area contributed by atoms with Crippen molar-refractivity contribution in [1.29, 1.82) is 0 Å². The molecule has 1 aromatic heterocycles. The number of hydrogen-bond donors (Lipinski definition) is 2. The number of benzene rings is 1. The van der Waals surface area contributed by atoms with Gasteiger partial charge in [0.05, 0.1) is 12.3 Å². The molecule has 0 saturated carbocycles. The summed E-state index contributed by atoms with van der Waals surface area (Å²) in [7, 11) is 1.57. The van der Waals surface area contributed by atoms with Gasteiger partial charge in [-0.1, -0.05) is 12.1 Å². The first-order chi connectivity index (χ1) is 11.7. The summed E-state index contributed by atoms with van der Waals surface area (Å²) in [5.74, 6) is -1.30. The highest BCUT2D eigenvalue weighted by atomic mass is 19.4. The van der Waals surface area contributed by atoms with Gasteiger partial charge < -0.3 is 15.8 Å². The molecule has 0 aliphatic rings. The van der Waals surface area contributed by atoms with Crippen LogP contribution < -0.4 is 11.1 Å². The van der Waals surface area contributed by atoms with E-state index in [0.29, 0.717) is 5.56 Å². The lowest BCUT2D eigenvalue weighted by atomic mass is 10.1. The third kappa shape index (κ3) is 5.31. The summed E-state index contributed by atoms with van der Waals surface area (Å²) in [5, 5.41) is 6.35. The lowest BCUT2D eigenvalue weighted by molar-refractivity contribution is -0.176. The van der Waals surface area contributed by atoms with E-state index in [2.05, 4.69) is 15.2 Å². The average molecular weight is 356 g/mol. The van der Waals surface area contributed by atoms with Crippen LogP contribution in [0.1, 0.15) is 26.4 Å². The number of rotatable bonds is 6. The Balaban J connectivity index is 2.00. The third-order valence-electron chi connectivity index (χ3n) is 3.06. The number of nitrogens with zero attached hydrogens (tertiary/aromatic N) is 2. The smallest absolute Gasteiger partial charge is 0.367 e. The number of halogens is 3. The highest BCUT2D eigenvalue weighted by Gasteiger charge is 2.27. The van der Waals surface area contributed by atoms with Crippen molar-refractivity contribution in [2.24, 2.45) is 12.8 Å². The van der Waals surface area contributed by atoms with E-state index in [0.717, 1.165) is 0 Å². The van der Waals surface area contributed by atoms with E-state index in [9.17, 15) is 22.8 Å². The zero-order valence-electron chi connectivity index (χ0n) is 13.1. The van der Waals surface area contributed by atoms with Gasteiger partial charge in [0.25, 0.3) is 11.8 Å². The molecule has 10 heteroatoms. The van der Waals surface area contributed by atoms with Gasteiger partial charge >= 0.3 is 6.18 Å². The highest BCUT2D eigenvalue weighted by molar-refractivity contribution is 6.07. The summed E-state index contributed by atoms with van der Waals surface area (Å²) in [6, 6.07) is 5.82. The maximum absolute atomic E-state index is 12.2. The van der Waals surface area contributed by atoms with Gasteiger partial charge in [-0.15, -0.1) is 0 Å². The molecule has 0 unspecified atom stereocenters. The second-order valence-corrected chi connectivity index (χ2v) is 5.19. The van der Waals surface area contributed by atoms with Gasteiger partial charge in [-0.25, -0.2) is 0 Å². The molecule has 2 rings (SSSR count). The number of nitrogens with one attached hydrogen (secondary N) is 1. The molecule has 0 fully saturated rings. The summed E-state index contributed by atoms with van der Waals surface area (Å²) in [4.78, 5) is 23.4. The van der Waals surface area contributed by atoms with Crippen LogP contribution in [0.3, 0.4) is 0 Å². The van der Waals surface area contributed by atoms with Gasteiger partial charge in [-0.05, 0) is 17.7 Å². The van der Waals surface area contributed by atoms with Crippen molar-refractivity contribution in [2.75, 3.05) is 11.9 Å². The molecule has 25 heavy (non-hydrogen) atoms. The first-order valence-electron chi connectivity index (χ1n) is 7.04. The van der Waals surface area contributed by atoms with Gasteiger partial charge in [0, 0.05) is 18.8 Å². The first kappa shape index (κ1) is 18.5. The van der Waals surface area contributed by atoms with Crippen LogP contribution in [0.4, 0.5) is 18.9 Å². The van der Waals surface area contributed by atoms with Crippen LogP contribution in [-0.2, 0) is 18.4 Å². The number of carbonyl (C=O) groups is 2. The normalized spacial score (nSPS) is 11.4. The minimum absolute atomic E-state index is 0.0759. The molecule has 1 heterocycles. The molecule has 2 aromatic rings. The van der Waals surface area contributed by atoms with Crippen molar-refractivity contribution < 1.29 is 27.5 Å². The zero-order chi connectivity index (χ0) is 18.6. The number of alkyl halides is 3. The van der Waals surface area contributed by atoms with Crippen LogP contribution in [0.5, 0.6) is 0 Å². The Bertz CT molecular complexity index is 769. The molecule has 0 saturated heterocycles. The number of primary amides is 1. The van der Waals surface area contributed by atoms with Crippen molar-refractivity contribution in [1.82, 2.24) is 9.78 Å². The molecule has 0 atom stereocenters. The lowest BCUT2D eigenvalue weighted by Crippen LogP contribution is -2.18. The van der Waals surface area contributed by atoms with Crippen molar-refractivity contribution >= 4 is 17.5 Å². The molecule has 0 aliphatic carbocycles. The van der Waals surface area contributed by atoms with E-state index in [1.807, 2.05) is 0 Å². The van der Waals surface area contributed by atoms with Crippen LogP contribution in [0, 0.1) is 0 Å². The number of aromatic nitrogens is 2. The van der Waals surface area contributed by atoms with Crippen molar-refractivity contribution in [3.63, 3.8) is 0 Å². The fourth-order valence-electron chi connectivity index (χ4n) is 1.99. The quantitative estimate of drug-likeness (QED) is 0.825. The van der Waals surface area contributed by atoms with E-state index in [1.165, 1.54) is 35.1 Å². The number of nitrogens with two attached hydrogens (primary N) is 1. The van der Waals surface area contributed by atoms with E-state index in [1.54, 1.807) is 7.05 Å². The first-order valence-corrected chi connectivity index (χ1v) is 7.04. The number of aryl methyl sites for hydroxylation is 1. The summed E-state index contributed by atoms with van der Waals surface area (Å²) >= 11 is 0. The molecular formula is C15H15F3N4O3. The van der Waals surface area contributed by atoms with Gasteiger partial charge in [-0.3, -0.25) is 14.3 Å².